The van der Waals surface area contributed by atoms with Crippen LogP contribution in [0, 0.1) is 6.92 Å². The number of carboxylic acids is 1. The summed E-state index contributed by atoms with van der Waals surface area (Å²) in [5.74, 6) is -1.11. The normalized spacial score (nSPS) is 14.8. The maximum absolute atomic E-state index is 11.7. The number of hydrogen-bond acceptors (Lipinski definition) is 5. The lowest BCUT2D eigenvalue weighted by molar-refractivity contribution is 0.0697. The van der Waals surface area contributed by atoms with Crippen molar-refractivity contribution < 1.29 is 18.3 Å². The Kier molecular flexibility index (Phi) is 5.71. The standard InChI is InChI=1S/C19H22ClN3O4S/c1-13-3-5-15(20)12-18(13)23-9-7-22(8-10-23)17-6-4-14(19(24)25)11-16(17)21-28(2,26)27/h3-6,11-12,21H,7-10H2,1-2H3,(H,24,25). The summed E-state index contributed by atoms with van der Waals surface area (Å²) in [5.41, 5.74) is 3.20. The van der Waals surface area contributed by atoms with E-state index in [1.165, 1.54) is 12.1 Å². The Morgan fingerprint density at radius 1 is 1.04 bits per heavy atom. The minimum absolute atomic E-state index is 0.0306. The van der Waals surface area contributed by atoms with Crippen LogP contribution >= 0.6 is 11.6 Å². The van der Waals surface area contributed by atoms with E-state index < -0.39 is 16.0 Å². The van der Waals surface area contributed by atoms with Crippen LogP contribution < -0.4 is 14.5 Å². The van der Waals surface area contributed by atoms with Crippen LogP contribution in [0.1, 0.15) is 15.9 Å². The first-order chi connectivity index (χ1) is 13.1. The molecule has 2 aromatic carbocycles. The number of nitrogens with zero attached hydrogens (tertiary/aromatic N) is 2. The number of benzene rings is 2. The summed E-state index contributed by atoms with van der Waals surface area (Å²) >= 11 is 6.13. The van der Waals surface area contributed by atoms with Crippen LogP contribution in [0.3, 0.4) is 0 Å². The smallest absolute Gasteiger partial charge is 0.335 e. The van der Waals surface area contributed by atoms with Gasteiger partial charge in [0.25, 0.3) is 0 Å². The SMILES string of the molecule is Cc1ccc(Cl)cc1N1CCN(c2ccc(C(=O)O)cc2NS(C)(=O)=O)CC1. The molecule has 1 aliphatic rings. The lowest BCUT2D eigenvalue weighted by Gasteiger charge is -2.38. The van der Waals surface area contributed by atoms with Crippen molar-refractivity contribution in [3.05, 3.63) is 52.5 Å². The third kappa shape index (κ3) is 4.69. The molecule has 3 rings (SSSR count). The van der Waals surface area contributed by atoms with Crippen molar-refractivity contribution in [1.29, 1.82) is 0 Å². The Hall–Kier alpha value is -2.45. The molecular formula is C19H22ClN3O4S. The average molecular weight is 424 g/mol. The van der Waals surface area contributed by atoms with Gasteiger partial charge in [0.05, 0.1) is 23.2 Å². The number of piperazine rings is 1. The topological polar surface area (TPSA) is 89.9 Å². The van der Waals surface area contributed by atoms with Crippen LogP contribution in [0.25, 0.3) is 0 Å². The minimum atomic E-state index is -3.54. The van der Waals surface area contributed by atoms with Crippen LogP contribution in [-0.2, 0) is 10.0 Å². The van der Waals surface area contributed by atoms with Crippen molar-refractivity contribution in [3.8, 4) is 0 Å². The van der Waals surface area contributed by atoms with E-state index in [1.54, 1.807) is 6.07 Å². The lowest BCUT2D eigenvalue weighted by atomic mass is 10.1. The second-order valence-corrected chi connectivity index (χ2v) is 9.00. The monoisotopic (exact) mass is 423 g/mol. The van der Waals surface area contributed by atoms with Crippen LogP contribution in [0.2, 0.25) is 5.02 Å². The Morgan fingerprint density at radius 2 is 1.64 bits per heavy atom. The van der Waals surface area contributed by atoms with Crippen molar-refractivity contribution in [1.82, 2.24) is 0 Å². The molecule has 0 atom stereocenters. The van der Waals surface area contributed by atoms with Gasteiger partial charge in [-0.3, -0.25) is 4.72 Å². The van der Waals surface area contributed by atoms with Crippen molar-refractivity contribution in [2.75, 3.05) is 47.0 Å². The number of aryl methyl sites for hydroxylation is 1. The molecule has 0 aliphatic carbocycles. The molecule has 1 heterocycles. The van der Waals surface area contributed by atoms with Crippen LogP contribution in [0.4, 0.5) is 17.1 Å². The van der Waals surface area contributed by atoms with E-state index in [0.29, 0.717) is 23.8 Å². The molecule has 9 heteroatoms. The Morgan fingerprint density at radius 3 is 2.21 bits per heavy atom. The number of hydrogen-bond donors (Lipinski definition) is 2. The summed E-state index contributed by atoms with van der Waals surface area (Å²) in [5, 5.41) is 9.90. The molecule has 0 spiro atoms. The fourth-order valence-electron chi connectivity index (χ4n) is 3.34. The van der Waals surface area contributed by atoms with Crippen molar-refractivity contribution in [2.45, 2.75) is 6.92 Å². The van der Waals surface area contributed by atoms with E-state index in [4.69, 9.17) is 11.6 Å². The minimum Gasteiger partial charge on any atom is -0.478 e. The lowest BCUT2D eigenvalue weighted by Crippen LogP contribution is -2.47. The molecule has 0 amide bonds. The molecule has 7 nitrogen and oxygen atoms in total. The van der Waals surface area contributed by atoms with Gasteiger partial charge in [-0.2, -0.15) is 0 Å². The first-order valence-electron chi connectivity index (χ1n) is 8.75. The quantitative estimate of drug-likeness (QED) is 0.768. The highest BCUT2D eigenvalue weighted by atomic mass is 35.5. The summed E-state index contributed by atoms with van der Waals surface area (Å²) in [7, 11) is -3.54. The van der Waals surface area contributed by atoms with Crippen molar-refractivity contribution >= 4 is 44.7 Å². The molecular weight excluding hydrogens is 402 g/mol. The number of nitrogens with one attached hydrogen (secondary N) is 1. The number of aromatic carboxylic acids is 1. The Bertz CT molecular complexity index is 1000. The molecule has 1 aliphatic heterocycles. The average Bonchev–Trinajstić information content (AvgIpc) is 2.62. The fraction of sp³-hybridized carbons (Fsp3) is 0.316. The molecule has 2 aromatic rings. The molecule has 1 fully saturated rings. The van der Waals surface area contributed by atoms with E-state index in [2.05, 4.69) is 14.5 Å². The molecule has 28 heavy (non-hydrogen) atoms. The molecule has 150 valence electrons. The maximum atomic E-state index is 11.7. The van der Waals surface area contributed by atoms with Crippen molar-refractivity contribution in [3.63, 3.8) is 0 Å². The molecule has 0 aromatic heterocycles. The van der Waals surface area contributed by atoms with E-state index in [0.717, 1.165) is 30.6 Å². The number of sulfonamides is 1. The number of halogens is 1. The molecule has 0 saturated carbocycles. The molecule has 2 N–H and O–H groups in total. The largest absolute Gasteiger partial charge is 0.478 e. The highest BCUT2D eigenvalue weighted by molar-refractivity contribution is 7.92. The first kappa shape index (κ1) is 20.3. The fourth-order valence-corrected chi connectivity index (χ4v) is 4.07. The molecule has 0 bridgehead atoms. The number of carboxylic acid groups (broad SMARTS) is 1. The summed E-state index contributed by atoms with van der Waals surface area (Å²) in [4.78, 5) is 15.6. The van der Waals surface area contributed by atoms with Gasteiger partial charge < -0.3 is 14.9 Å². The number of rotatable bonds is 5. The van der Waals surface area contributed by atoms with Crippen LogP contribution in [0.15, 0.2) is 36.4 Å². The Balaban J connectivity index is 1.83. The van der Waals surface area contributed by atoms with E-state index in [1.807, 2.05) is 25.1 Å². The van der Waals surface area contributed by atoms with Gasteiger partial charge in [0.15, 0.2) is 0 Å². The van der Waals surface area contributed by atoms with Gasteiger partial charge in [-0.25, -0.2) is 13.2 Å². The third-order valence-corrected chi connectivity index (χ3v) is 5.50. The van der Waals surface area contributed by atoms with Crippen LogP contribution in [-0.4, -0.2) is 51.9 Å². The van der Waals surface area contributed by atoms with Gasteiger partial charge in [0.2, 0.25) is 10.0 Å². The highest BCUT2D eigenvalue weighted by Crippen LogP contribution is 2.31. The predicted octanol–water partition coefficient (Wildman–Crippen LogP) is 3.04. The number of anilines is 3. The summed E-state index contributed by atoms with van der Waals surface area (Å²) in [6.07, 6.45) is 1.05. The number of carbonyl (C=O) groups is 1. The maximum Gasteiger partial charge on any atom is 0.335 e. The zero-order chi connectivity index (χ0) is 20.5. The third-order valence-electron chi connectivity index (χ3n) is 4.67. The van der Waals surface area contributed by atoms with Gasteiger partial charge in [-0.05, 0) is 42.8 Å². The molecule has 0 radical (unpaired) electrons. The van der Waals surface area contributed by atoms with Gasteiger partial charge >= 0.3 is 5.97 Å². The van der Waals surface area contributed by atoms with E-state index >= 15 is 0 Å². The second kappa shape index (κ2) is 7.89. The molecule has 0 unspecified atom stereocenters. The first-order valence-corrected chi connectivity index (χ1v) is 11.0. The predicted molar refractivity (Wildman–Crippen MR) is 112 cm³/mol. The van der Waals surface area contributed by atoms with E-state index in [9.17, 15) is 18.3 Å². The van der Waals surface area contributed by atoms with Crippen LogP contribution in [0.5, 0.6) is 0 Å². The van der Waals surface area contributed by atoms with Gasteiger partial charge in [-0.15, -0.1) is 0 Å². The Labute approximate surface area is 169 Å². The zero-order valence-electron chi connectivity index (χ0n) is 15.6. The second-order valence-electron chi connectivity index (χ2n) is 6.82. The zero-order valence-corrected chi connectivity index (χ0v) is 17.2. The van der Waals surface area contributed by atoms with E-state index in [-0.39, 0.29) is 11.3 Å². The van der Waals surface area contributed by atoms with Gasteiger partial charge in [-0.1, -0.05) is 17.7 Å². The summed E-state index contributed by atoms with van der Waals surface area (Å²) < 4.78 is 25.9. The molecule has 1 saturated heterocycles. The van der Waals surface area contributed by atoms with Crippen molar-refractivity contribution in [2.24, 2.45) is 0 Å². The summed E-state index contributed by atoms with van der Waals surface area (Å²) in [6.45, 7) is 4.84. The summed E-state index contributed by atoms with van der Waals surface area (Å²) in [6, 6.07) is 10.3. The highest BCUT2D eigenvalue weighted by Gasteiger charge is 2.22. The van der Waals surface area contributed by atoms with Gasteiger partial charge in [0, 0.05) is 36.9 Å². The van der Waals surface area contributed by atoms with Gasteiger partial charge in [0.1, 0.15) is 0 Å².